The number of hydrogen-bond donors (Lipinski definition) is 1. The van der Waals surface area contributed by atoms with Crippen LogP contribution in [-0.2, 0) is 6.42 Å². The van der Waals surface area contributed by atoms with Gasteiger partial charge < -0.3 is 5.21 Å². The molecule has 0 aliphatic heterocycles. The second-order valence-electron chi connectivity index (χ2n) is 2.74. The first-order chi connectivity index (χ1) is 5.77. The fraction of sp³-hybridized carbons (Fsp3) is 0.300. The summed E-state index contributed by atoms with van der Waals surface area (Å²) in [5.41, 5.74) is 2.91. The van der Waals surface area contributed by atoms with Crippen LogP contribution < -0.4 is 0 Å². The Morgan fingerprint density at radius 1 is 1.33 bits per heavy atom. The van der Waals surface area contributed by atoms with Crippen molar-refractivity contribution >= 4 is 5.71 Å². The number of hydrogen-bond acceptors (Lipinski definition) is 2. The maximum Gasteiger partial charge on any atom is 0.0836 e. The van der Waals surface area contributed by atoms with Crippen LogP contribution in [0.5, 0.6) is 0 Å². The SMILES string of the molecule is CCc1ccc(/C(C)=N\O)cc1. The first-order valence-corrected chi connectivity index (χ1v) is 4.06. The van der Waals surface area contributed by atoms with Crippen LogP contribution in [0.1, 0.15) is 25.0 Å². The van der Waals surface area contributed by atoms with Crippen molar-refractivity contribution in [2.24, 2.45) is 5.16 Å². The zero-order valence-electron chi connectivity index (χ0n) is 7.41. The number of benzene rings is 1. The molecule has 1 rings (SSSR count). The van der Waals surface area contributed by atoms with Gasteiger partial charge in [0.25, 0.3) is 0 Å². The lowest BCUT2D eigenvalue weighted by atomic mass is 10.1. The zero-order chi connectivity index (χ0) is 8.97. The van der Waals surface area contributed by atoms with E-state index in [0.29, 0.717) is 5.71 Å². The molecule has 0 saturated carbocycles. The van der Waals surface area contributed by atoms with Gasteiger partial charge in [-0.2, -0.15) is 0 Å². The van der Waals surface area contributed by atoms with Crippen molar-refractivity contribution in [1.29, 1.82) is 0 Å². The highest BCUT2D eigenvalue weighted by Gasteiger charge is 1.96. The van der Waals surface area contributed by atoms with Gasteiger partial charge >= 0.3 is 0 Å². The molecule has 0 radical (unpaired) electrons. The van der Waals surface area contributed by atoms with Gasteiger partial charge in [-0.3, -0.25) is 0 Å². The van der Waals surface area contributed by atoms with Gasteiger partial charge in [0.1, 0.15) is 0 Å². The first kappa shape index (κ1) is 8.78. The molecule has 0 fully saturated rings. The largest absolute Gasteiger partial charge is 0.411 e. The van der Waals surface area contributed by atoms with E-state index in [1.54, 1.807) is 6.92 Å². The van der Waals surface area contributed by atoms with Crippen molar-refractivity contribution in [3.05, 3.63) is 35.4 Å². The van der Waals surface area contributed by atoms with Gasteiger partial charge in [0.15, 0.2) is 0 Å². The third kappa shape index (κ3) is 1.84. The molecule has 0 saturated heterocycles. The normalized spacial score (nSPS) is 11.7. The maximum atomic E-state index is 8.50. The second-order valence-corrected chi connectivity index (χ2v) is 2.74. The van der Waals surface area contributed by atoms with Crippen molar-refractivity contribution in [3.8, 4) is 0 Å². The highest BCUT2D eigenvalue weighted by atomic mass is 16.4. The van der Waals surface area contributed by atoms with Crippen LogP contribution in [-0.4, -0.2) is 10.9 Å². The fourth-order valence-corrected chi connectivity index (χ4v) is 1.04. The quantitative estimate of drug-likeness (QED) is 0.405. The van der Waals surface area contributed by atoms with Crippen LogP contribution in [0.3, 0.4) is 0 Å². The Morgan fingerprint density at radius 3 is 2.33 bits per heavy atom. The van der Waals surface area contributed by atoms with Crippen LogP contribution in [0.25, 0.3) is 0 Å². The van der Waals surface area contributed by atoms with E-state index in [0.717, 1.165) is 12.0 Å². The standard InChI is InChI=1S/C10H13NO/c1-3-9-4-6-10(7-5-9)8(2)11-12/h4-7,12H,3H2,1-2H3/b11-8-. The molecule has 0 aliphatic carbocycles. The molecule has 0 amide bonds. The predicted octanol–water partition coefficient (Wildman–Crippen LogP) is 2.45. The van der Waals surface area contributed by atoms with Gasteiger partial charge in [0.2, 0.25) is 0 Å². The molecule has 1 aromatic rings. The summed E-state index contributed by atoms with van der Waals surface area (Å²) >= 11 is 0. The Labute approximate surface area is 72.5 Å². The third-order valence-electron chi connectivity index (χ3n) is 1.93. The Balaban J connectivity index is 2.92. The number of rotatable bonds is 2. The summed E-state index contributed by atoms with van der Waals surface area (Å²) < 4.78 is 0. The predicted molar refractivity (Wildman–Crippen MR) is 49.8 cm³/mol. The molecule has 0 atom stereocenters. The van der Waals surface area contributed by atoms with E-state index in [-0.39, 0.29) is 0 Å². The molecule has 0 spiro atoms. The lowest BCUT2D eigenvalue weighted by Crippen LogP contribution is -1.94. The molecular formula is C10H13NO. The molecule has 2 heteroatoms. The minimum atomic E-state index is 0.651. The third-order valence-corrected chi connectivity index (χ3v) is 1.93. The minimum absolute atomic E-state index is 0.651. The van der Waals surface area contributed by atoms with E-state index in [4.69, 9.17) is 5.21 Å². The molecular weight excluding hydrogens is 150 g/mol. The first-order valence-electron chi connectivity index (χ1n) is 4.06. The number of nitrogens with zero attached hydrogens (tertiary/aromatic N) is 1. The highest BCUT2D eigenvalue weighted by molar-refractivity contribution is 5.98. The van der Waals surface area contributed by atoms with Crippen molar-refractivity contribution in [1.82, 2.24) is 0 Å². The topological polar surface area (TPSA) is 32.6 Å². The van der Waals surface area contributed by atoms with E-state index < -0.39 is 0 Å². The monoisotopic (exact) mass is 163 g/mol. The van der Waals surface area contributed by atoms with E-state index >= 15 is 0 Å². The number of oxime groups is 1. The van der Waals surface area contributed by atoms with Crippen LogP contribution in [0, 0.1) is 0 Å². The molecule has 0 unspecified atom stereocenters. The molecule has 64 valence electrons. The molecule has 0 aliphatic rings. The smallest absolute Gasteiger partial charge is 0.0836 e. The lowest BCUT2D eigenvalue weighted by Gasteiger charge is -1.99. The van der Waals surface area contributed by atoms with E-state index in [9.17, 15) is 0 Å². The van der Waals surface area contributed by atoms with Crippen molar-refractivity contribution in [3.63, 3.8) is 0 Å². The van der Waals surface area contributed by atoms with E-state index in [1.165, 1.54) is 5.56 Å². The van der Waals surface area contributed by atoms with Crippen LogP contribution in [0.4, 0.5) is 0 Å². The lowest BCUT2D eigenvalue weighted by molar-refractivity contribution is 0.319. The summed E-state index contributed by atoms with van der Waals surface area (Å²) in [4.78, 5) is 0. The van der Waals surface area contributed by atoms with Crippen LogP contribution >= 0.6 is 0 Å². The van der Waals surface area contributed by atoms with Gasteiger partial charge in [-0.15, -0.1) is 0 Å². The summed E-state index contributed by atoms with van der Waals surface area (Å²) in [7, 11) is 0. The number of aryl methyl sites for hydroxylation is 1. The van der Waals surface area contributed by atoms with Crippen molar-refractivity contribution in [2.45, 2.75) is 20.3 Å². The molecule has 1 aromatic carbocycles. The molecule has 0 heterocycles. The van der Waals surface area contributed by atoms with E-state index in [2.05, 4.69) is 12.1 Å². The van der Waals surface area contributed by atoms with Gasteiger partial charge in [0, 0.05) is 0 Å². The molecule has 0 bridgehead atoms. The minimum Gasteiger partial charge on any atom is -0.411 e. The average Bonchev–Trinajstić information content (AvgIpc) is 2.17. The van der Waals surface area contributed by atoms with Gasteiger partial charge in [-0.05, 0) is 24.5 Å². The summed E-state index contributed by atoms with van der Waals surface area (Å²) in [5.74, 6) is 0. The van der Waals surface area contributed by atoms with Crippen molar-refractivity contribution in [2.75, 3.05) is 0 Å². The van der Waals surface area contributed by atoms with Crippen LogP contribution in [0.15, 0.2) is 29.4 Å². The van der Waals surface area contributed by atoms with Crippen LogP contribution in [0.2, 0.25) is 0 Å². The molecule has 0 aromatic heterocycles. The summed E-state index contributed by atoms with van der Waals surface area (Å²) in [5, 5.41) is 11.6. The van der Waals surface area contributed by atoms with Gasteiger partial charge in [0.05, 0.1) is 5.71 Å². The summed E-state index contributed by atoms with van der Waals surface area (Å²) in [6.45, 7) is 3.89. The van der Waals surface area contributed by atoms with Gasteiger partial charge in [-0.1, -0.05) is 36.3 Å². The maximum absolute atomic E-state index is 8.50. The van der Waals surface area contributed by atoms with E-state index in [1.807, 2.05) is 24.3 Å². The average molecular weight is 163 g/mol. The fourth-order valence-electron chi connectivity index (χ4n) is 1.04. The second kappa shape index (κ2) is 3.90. The Hall–Kier alpha value is -1.31. The Bertz CT molecular complexity index is 274. The molecule has 2 nitrogen and oxygen atoms in total. The van der Waals surface area contributed by atoms with Crippen molar-refractivity contribution < 1.29 is 5.21 Å². The van der Waals surface area contributed by atoms with Gasteiger partial charge in [-0.25, -0.2) is 0 Å². The zero-order valence-corrected chi connectivity index (χ0v) is 7.41. The highest BCUT2D eigenvalue weighted by Crippen LogP contribution is 2.05. The summed E-state index contributed by atoms with van der Waals surface area (Å²) in [6.07, 6.45) is 1.04. The Morgan fingerprint density at radius 2 is 1.92 bits per heavy atom. The Kier molecular flexibility index (Phi) is 2.86. The summed E-state index contributed by atoms with van der Waals surface area (Å²) in [6, 6.07) is 8.02. The molecule has 12 heavy (non-hydrogen) atoms. The molecule has 1 N–H and O–H groups in total.